The van der Waals surface area contributed by atoms with Crippen molar-refractivity contribution in [3.8, 4) is 17.4 Å². The van der Waals surface area contributed by atoms with Crippen molar-refractivity contribution < 1.29 is 18.6 Å². The van der Waals surface area contributed by atoms with E-state index in [0.717, 1.165) is 29.7 Å². The van der Waals surface area contributed by atoms with E-state index in [1.54, 1.807) is 26.6 Å². The molecule has 0 radical (unpaired) electrons. The Morgan fingerprint density at radius 3 is 2.65 bits per heavy atom. The fourth-order valence-electron chi connectivity index (χ4n) is 3.83. The number of benzene rings is 2. The van der Waals surface area contributed by atoms with E-state index in [2.05, 4.69) is 24.8 Å². The number of hydrogen-bond donors (Lipinski definition) is 0. The van der Waals surface area contributed by atoms with Crippen LogP contribution in [0.25, 0.3) is 21.9 Å². The van der Waals surface area contributed by atoms with Gasteiger partial charge in [0.1, 0.15) is 24.1 Å². The van der Waals surface area contributed by atoms with E-state index in [1.165, 1.54) is 18.3 Å². The van der Waals surface area contributed by atoms with Gasteiger partial charge < -0.3 is 19.1 Å². The minimum absolute atomic E-state index is 0.0719. The van der Waals surface area contributed by atoms with Crippen LogP contribution in [0.2, 0.25) is 0 Å². The van der Waals surface area contributed by atoms with Gasteiger partial charge in [-0.05, 0) is 18.2 Å². The normalized spacial score (nSPS) is 16.1. The average molecular weight is 421 g/mol. The van der Waals surface area contributed by atoms with Crippen LogP contribution in [0.4, 0.5) is 10.2 Å². The predicted octanol–water partition coefficient (Wildman–Crippen LogP) is 3.39. The maximum absolute atomic E-state index is 13.3. The number of halogens is 1. The van der Waals surface area contributed by atoms with Crippen molar-refractivity contribution in [2.24, 2.45) is 0 Å². The molecule has 31 heavy (non-hydrogen) atoms. The monoisotopic (exact) mass is 421 g/mol. The number of ether oxygens (including phenoxy) is 3. The van der Waals surface area contributed by atoms with E-state index in [4.69, 9.17) is 14.2 Å². The van der Waals surface area contributed by atoms with Gasteiger partial charge in [0.05, 0.1) is 43.5 Å². The minimum Gasteiger partial charge on any atom is -0.493 e. The summed E-state index contributed by atoms with van der Waals surface area (Å²) in [5.74, 6) is 2.15. The molecule has 5 rings (SSSR count). The first-order valence-corrected chi connectivity index (χ1v) is 9.85. The summed E-state index contributed by atoms with van der Waals surface area (Å²) in [4.78, 5) is 19.7. The Hall–Kier alpha value is -3.75. The van der Waals surface area contributed by atoms with Crippen LogP contribution in [0, 0.1) is 5.82 Å². The van der Waals surface area contributed by atoms with Crippen molar-refractivity contribution in [2.75, 3.05) is 32.2 Å². The fraction of sp³-hybridized carbons (Fsp3) is 0.273. The highest BCUT2D eigenvalue weighted by atomic mass is 19.1. The maximum atomic E-state index is 13.3. The smallest absolute Gasteiger partial charge is 0.233 e. The van der Waals surface area contributed by atoms with Crippen molar-refractivity contribution in [1.82, 2.24) is 19.9 Å². The van der Waals surface area contributed by atoms with Gasteiger partial charge in [0, 0.05) is 30.5 Å². The number of nitrogens with zero attached hydrogens (tertiary/aromatic N) is 5. The Balaban J connectivity index is 1.38. The lowest BCUT2D eigenvalue weighted by atomic mass is 10.2. The molecule has 9 heteroatoms. The summed E-state index contributed by atoms with van der Waals surface area (Å²) in [6.45, 7) is 1.42. The van der Waals surface area contributed by atoms with Crippen molar-refractivity contribution in [2.45, 2.75) is 12.5 Å². The summed E-state index contributed by atoms with van der Waals surface area (Å²) in [5.41, 5.74) is 1.87. The molecule has 1 saturated heterocycles. The summed E-state index contributed by atoms with van der Waals surface area (Å²) in [5, 5.41) is 0.883. The summed E-state index contributed by atoms with van der Waals surface area (Å²) < 4.78 is 30.2. The third-order valence-electron chi connectivity index (χ3n) is 5.33. The van der Waals surface area contributed by atoms with Gasteiger partial charge in [-0.25, -0.2) is 24.3 Å². The third-order valence-corrected chi connectivity index (χ3v) is 5.33. The molecule has 4 aromatic rings. The lowest BCUT2D eigenvalue weighted by molar-refractivity contribution is 0.216. The summed E-state index contributed by atoms with van der Waals surface area (Å²) in [6, 6.07) is 8.05. The van der Waals surface area contributed by atoms with Crippen LogP contribution < -0.4 is 19.1 Å². The molecule has 0 saturated carbocycles. The maximum Gasteiger partial charge on any atom is 0.233 e. The molecule has 1 aliphatic rings. The van der Waals surface area contributed by atoms with Crippen molar-refractivity contribution >= 4 is 27.8 Å². The van der Waals surface area contributed by atoms with Gasteiger partial charge >= 0.3 is 0 Å². The highest BCUT2D eigenvalue weighted by molar-refractivity contribution is 5.92. The second-order valence-electron chi connectivity index (χ2n) is 7.24. The van der Waals surface area contributed by atoms with Crippen LogP contribution in [0.3, 0.4) is 0 Å². The Kier molecular flexibility index (Phi) is 4.85. The second kappa shape index (κ2) is 7.82. The van der Waals surface area contributed by atoms with Gasteiger partial charge in [-0.15, -0.1) is 0 Å². The molecule has 158 valence electrons. The average Bonchev–Trinajstić information content (AvgIpc) is 3.26. The van der Waals surface area contributed by atoms with Crippen LogP contribution in [0.15, 0.2) is 42.9 Å². The summed E-state index contributed by atoms with van der Waals surface area (Å²) in [6.07, 6.45) is 3.81. The van der Waals surface area contributed by atoms with Gasteiger partial charge in [0.25, 0.3) is 0 Å². The largest absolute Gasteiger partial charge is 0.493 e. The molecule has 0 amide bonds. The van der Waals surface area contributed by atoms with E-state index < -0.39 is 0 Å². The molecule has 1 fully saturated rings. The zero-order chi connectivity index (χ0) is 21.4. The summed E-state index contributed by atoms with van der Waals surface area (Å²) in [7, 11) is 3.20. The molecule has 0 unspecified atom stereocenters. The molecule has 1 atom stereocenters. The number of anilines is 1. The van der Waals surface area contributed by atoms with E-state index in [1.807, 2.05) is 12.1 Å². The number of fused-ring (bicyclic) bond motifs is 2. The molecular weight excluding hydrogens is 401 g/mol. The molecular formula is C22H20FN5O3. The van der Waals surface area contributed by atoms with Gasteiger partial charge in [0.2, 0.25) is 5.88 Å². The van der Waals surface area contributed by atoms with Crippen LogP contribution in [0.1, 0.15) is 6.42 Å². The highest BCUT2D eigenvalue weighted by Crippen LogP contribution is 2.35. The van der Waals surface area contributed by atoms with E-state index in [9.17, 15) is 4.39 Å². The topological polar surface area (TPSA) is 82.5 Å². The number of hydrogen-bond acceptors (Lipinski definition) is 8. The van der Waals surface area contributed by atoms with Crippen LogP contribution in [-0.2, 0) is 0 Å². The molecule has 3 heterocycles. The number of methoxy groups -OCH3 is 2. The molecule has 0 spiro atoms. The number of rotatable bonds is 5. The van der Waals surface area contributed by atoms with Crippen LogP contribution in [-0.4, -0.2) is 53.3 Å². The first-order valence-electron chi connectivity index (χ1n) is 9.85. The van der Waals surface area contributed by atoms with E-state index in [-0.39, 0.29) is 11.9 Å². The third kappa shape index (κ3) is 3.63. The summed E-state index contributed by atoms with van der Waals surface area (Å²) >= 11 is 0. The zero-order valence-electron chi connectivity index (χ0n) is 17.1. The standard InChI is InChI=1S/C22H20FN5O3/c1-29-19-8-15-17(9-20(19)30-2)25-12-26-22(15)28-6-5-14(11-28)31-21-10-24-18-7-13(23)3-4-16(18)27-21/h3-4,7-10,12,14H,5-6,11H2,1-2H3/t14-/m0/s1. The molecule has 8 nitrogen and oxygen atoms in total. The quantitative estimate of drug-likeness (QED) is 0.485. The zero-order valence-corrected chi connectivity index (χ0v) is 17.1. The van der Waals surface area contributed by atoms with Crippen LogP contribution >= 0.6 is 0 Å². The predicted molar refractivity (Wildman–Crippen MR) is 113 cm³/mol. The van der Waals surface area contributed by atoms with Gasteiger partial charge in [0.15, 0.2) is 11.5 Å². The van der Waals surface area contributed by atoms with Gasteiger partial charge in [-0.3, -0.25) is 0 Å². The van der Waals surface area contributed by atoms with Gasteiger partial charge in [-0.2, -0.15) is 0 Å². The lowest BCUT2D eigenvalue weighted by Gasteiger charge is -2.20. The highest BCUT2D eigenvalue weighted by Gasteiger charge is 2.27. The Bertz CT molecular complexity index is 1270. The Morgan fingerprint density at radius 2 is 1.81 bits per heavy atom. The molecule has 1 aliphatic heterocycles. The van der Waals surface area contributed by atoms with E-state index in [0.29, 0.717) is 35.0 Å². The second-order valence-corrected chi connectivity index (χ2v) is 7.24. The molecule has 0 bridgehead atoms. The fourth-order valence-corrected chi connectivity index (χ4v) is 3.83. The first-order chi connectivity index (χ1) is 15.1. The Labute approximate surface area is 177 Å². The molecule has 0 N–H and O–H groups in total. The van der Waals surface area contributed by atoms with E-state index >= 15 is 0 Å². The van der Waals surface area contributed by atoms with Gasteiger partial charge in [-0.1, -0.05) is 0 Å². The number of aromatic nitrogens is 4. The lowest BCUT2D eigenvalue weighted by Crippen LogP contribution is -2.25. The van der Waals surface area contributed by atoms with Crippen LogP contribution in [0.5, 0.6) is 17.4 Å². The van der Waals surface area contributed by atoms with Crippen molar-refractivity contribution in [1.29, 1.82) is 0 Å². The van der Waals surface area contributed by atoms with Crippen molar-refractivity contribution in [3.63, 3.8) is 0 Å². The molecule has 0 aliphatic carbocycles. The SMILES string of the molecule is COc1cc2ncnc(N3CC[C@H](Oc4cnc5cc(F)ccc5n4)C3)c2cc1OC. The Morgan fingerprint density at radius 1 is 0.968 bits per heavy atom. The van der Waals surface area contributed by atoms with Crippen molar-refractivity contribution in [3.05, 3.63) is 48.7 Å². The molecule has 2 aromatic heterocycles. The minimum atomic E-state index is -0.340. The molecule has 2 aromatic carbocycles. The first kappa shape index (κ1) is 19.2.